The lowest BCUT2D eigenvalue weighted by Crippen LogP contribution is -2.37. The zero-order chi connectivity index (χ0) is 93.3. The summed E-state index contributed by atoms with van der Waals surface area (Å²) < 4.78 is 0. The Morgan fingerprint density at radius 3 is 1.24 bits per heavy atom. The molecule has 0 aliphatic carbocycles. The van der Waals surface area contributed by atoms with Gasteiger partial charge >= 0.3 is 0 Å². The fourth-order valence-corrected chi connectivity index (χ4v) is 37.0. The number of unbranched alkanes of at least 4 members (excludes halogenated alkanes) is 32. The predicted molar refractivity (Wildman–Crippen MR) is 615 cm³/mol. The molecule has 0 spiro atoms. The van der Waals surface area contributed by atoms with Gasteiger partial charge in [-0.1, -0.05) is 362 Å². The maximum Gasteiger partial charge on any atom is 0.261 e. The summed E-state index contributed by atoms with van der Waals surface area (Å²) in [6.45, 7) is 10.7. The number of carbonyl (C=O) groups is 2. The number of allylic oxidation sites excluding steroid dienone is 6. The SMILES string of the molecule is CCCCCCCCCCCCC(CCCCCCCCCC)CN1C(=O)C2=C(C3CC=C(C4=CCC(C5CC(CCCc6ccccc6)=C(C6=CCC(C7CC=C(C8=CCCS8)S7)S6)S5)S4)S3)N(CC(CCCCCCCCCC)CCCCCCCCCCCC)C(=O)C2=C1c1ccc(-c2ccc(-c3cc(CCCc4ccccc4)c(-c4ccc(-c5ccc(-c6cccs6)s5)s4)s3)s2)s1. The van der Waals surface area contributed by atoms with Crippen LogP contribution in [-0.4, -0.2) is 66.7 Å². The maximum absolute atomic E-state index is 17.2. The summed E-state index contributed by atoms with van der Waals surface area (Å²) in [4.78, 5) is 62.3. The molecule has 7 unspecified atom stereocenters. The molecule has 0 fully saturated rings. The van der Waals surface area contributed by atoms with Crippen LogP contribution >= 0.6 is 139 Å². The van der Waals surface area contributed by atoms with Crippen LogP contribution in [0.1, 0.15) is 364 Å². The number of hydrogen-bond donors (Lipinski definition) is 0. The minimum Gasteiger partial charge on any atom is -0.310 e. The summed E-state index contributed by atoms with van der Waals surface area (Å²) >= 11 is 24.2. The molecular weight excluding hydrogens is 1890 g/mol. The number of carbonyl (C=O) groups excluding carboxylic acids is 2. The van der Waals surface area contributed by atoms with Crippen molar-refractivity contribution in [3.05, 3.63) is 237 Å². The van der Waals surface area contributed by atoms with Gasteiger partial charge in [0, 0.05) is 124 Å². The molecule has 0 saturated carbocycles. The van der Waals surface area contributed by atoms with E-state index < -0.39 is 0 Å². The number of thioether (sulfide) groups is 6. The van der Waals surface area contributed by atoms with Crippen LogP contribution < -0.4 is 0 Å². The first-order valence-corrected chi connectivity index (χ1v) is 64.5. The molecule has 0 bridgehead atoms. The monoisotopic (exact) mass is 2040 g/mol. The zero-order valence-electron chi connectivity index (χ0n) is 82.6. The number of rotatable bonds is 64. The van der Waals surface area contributed by atoms with Crippen LogP contribution in [0.4, 0.5) is 0 Å². The Kier molecular flexibility index (Phi) is 43.1. The lowest BCUT2D eigenvalue weighted by atomic mass is 9.93. The highest BCUT2D eigenvalue weighted by Gasteiger charge is 2.52. The van der Waals surface area contributed by atoms with Crippen LogP contribution in [0, 0.1) is 11.8 Å². The summed E-state index contributed by atoms with van der Waals surface area (Å²) in [5.41, 5.74) is 9.42. The third-order valence-electron chi connectivity index (χ3n) is 29.5. The molecule has 16 heteroatoms. The van der Waals surface area contributed by atoms with Gasteiger partial charge in [0.1, 0.15) is 0 Å². The Labute approximate surface area is 870 Å². The van der Waals surface area contributed by atoms with Crippen LogP contribution in [0.3, 0.4) is 0 Å². The molecule has 7 atom stereocenters. The molecule has 0 radical (unpaired) electrons. The molecule has 8 aliphatic rings. The van der Waals surface area contributed by atoms with Crippen LogP contribution in [-0.2, 0) is 28.9 Å². The average molecular weight is 2040 g/mol. The van der Waals surface area contributed by atoms with Gasteiger partial charge < -0.3 is 9.80 Å². The Morgan fingerprint density at radius 2 is 0.743 bits per heavy atom. The Hall–Kier alpha value is -4.40. The first-order chi connectivity index (χ1) is 67.1. The van der Waals surface area contributed by atoms with E-state index in [-0.39, 0.29) is 17.1 Å². The highest BCUT2D eigenvalue weighted by molar-refractivity contribution is 8.12. The second-order valence-electron chi connectivity index (χ2n) is 40.1. The standard InChI is InChI=1S/C120H156N2O2S12/c1-5-9-13-17-21-25-27-31-35-41-57-89(55-39-33-29-23-19-15-11-7-3)85-121-115(107-77-73-101(131-107)97-69-71-105(129-97)111-83-91(61-47-59-87-51-43-37-44-52-87)117(135-111)109-79-75-103(133-109)99-67-65-95(127-99)93-63-49-81-125-93)113-114(119(121)123)116(122(120(113)124)86-90(56-40-34-30-24-20-16-12-8-4)58-42-36-32-28-26-22-18-14-10-6-2)108-78-74-102(132-108)98-70-72-106(130-98)112-84-92(62-48-60-88-53-45-38-46-54-88)118(136-112)110-80-76-104(134-110)100-68-66-96(128-100)94-64-50-82-126-94/h37-38,43-46,49,51-54,63-67,69-71,73-75,77,79-81,83,89-90,100,104,106,108,112H,5-36,39-42,47-48,50,55-62,68,72,76,78,82,84-86H2,1-4H3. The normalized spacial score (nSPS) is 19.5. The van der Waals surface area contributed by atoms with E-state index in [1.54, 1.807) is 20.3 Å². The molecule has 730 valence electrons. The van der Waals surface area contributed by atoms with E-state index in [9.17, 15) is 0 Å². The molecule has 16 rings (SSSR count). The lowest BCUT2D eigenvalue weighted by molar-refractivity contribution is -0.125. The van der Waals surface area contributed by atoms with Gasteiger partial charge in [-0.25, -0.2) is 0 Å². The van der Waals surface area contributed by atoms with Crippen molar-refractivity contribution in [1.82, 2.24) is 9.80 Å². The molecule has 2 aromatic carbocycles. The fraction of sp³-hybridized carbons (Fsp3) is 0.550. The minimum atomic E-state index is -0.0428. The van der Waals surface area contributed by atoms with Gasteiger partial charge in [-0.2, -0.15) is 0 Å². The molecule has 136 heavy (non-hydrogen) atoms. The molecule has 6 aromatic heterocycles. The summed E-state index contributed by atoms with van der Waals surface area (Å²) in [5, 5.41) is 4.40. The third kappa shape index (κ3) is 29.5. The first kappa shape index (κ1) is 104. The summed E-state index contributed by atoms with van der Waals surface area (Å²) in [5.74, 6) is 2.13. The number of benzene rings is 2. The molecule has 4 nitrogen and oxygen atoms in total. The van der Waals surface area contributed by atoms with E-state index in [0.29, 0.717) is 45.9 Å². The van der Waals surface area contributed by atoms with Gasteiger partial charge in [-0.15, -0.1) is 139 Å². The summed E-state index contributed by atoms with van der Waals surface area (Å²) in [6.07, 6.45) is 77.7. The quantitative estimate of drug-likeness (QED) is 0.0349. The molecule has 8 aromatic rings. The molecule has 0 saturated heterocycles. The summed E-state index contributed by atoms with van der Waals surface area (Å²) in [7, 11) is 0. The van der Waals surface area contributed by atoms with Gasteiger partial charge in [0.2, 0.25) is 0 Å². The van der Waals surface area contributed by atoms with Gasteiger partial charge in [-0.3, -0.25) is 9.59 Å². The van der Waals surface area contributed by atoms with Gasteiger partial charge in [0.15, 0.2) is 0 Å². The maximum atomic E-state index is 17.2. The Bertz CT molecular complexity index is 5300. The van der Waals surface area contributed by atoms with Crippen LogP contribution in [0.15, 0.2) is 215 Å². The smallest absolute Gasteiger partial charge is 0.261 e. The third-order valence-corrected chi connectivity index (χ3v) is 46.0. The van der Waals surface area contributed by atoms with E-state index in [2.05, 4.69) is 259 Å². The van der Waals surface area contributed by atoms with Crippen molar-refractivity contribution in [2.75, 3.05) is 18.8 Å². The van der Waals surface area contributed by atoms with Crippen molar-refractivity contribution in [3.63, 3.8) is 0 Å². The lowest BCUT2D eigenvalue weighted by Gasteiger charge is -2.31. The van der Waals surface area contributed by atoms with Gasteiger partial charge in [0.25, 0.3) is 11.8 Å². The van der Waals surface area contributed by atoms with E-state index >= 15 is 9.59 Å². The van der Waals surface area contributed by atoms with E-state index in [0.717, 1.165) is 98.0 Å². The topological polar surface area (TPSA) is 40.6 Å². The number of amides is 2. The predicted octanol–water partition coefficient (Wildman–Crippen LogP) is 40.5. The van der Waals surface area contributed by atoms with Gasteiger partial charge in [0.05, 0.1) is 27.0 Å². The summed E-state index contributed by atoms with van der Waals surface area (Å²) in [6, 6.07) is 48.0. The second kappa shape index (κ2) is 56.2. The second-order valence-corrected chi connectivity index (χ2v) is 53.9. The Morgan fingerprint density at radius 1 is 0.331 bits per heavy atom. The van der Waals surface area contributed by atoms with E-state index in [4.69, 9.17) is 0 Å². The van der Waals surface area contributed by atoms with Crippen molar-refractivity contribution in [2.24, 2.45) is 11.8 Å². The molecule has 8 aliphatic heterocycles. The largest absolute Gasteiger partial charge is 0.310 e. The fourth-order valence-electron chi connectivity index (χ4n) is 21.8. The van der Waals surface area contributed by atoms with Crippen molar-refractivity contribution in [2.45, 2.75) is 388 Å². The highest BCUT2D eigenvalue weighted by Crippen LogP contribution is 2.61. The Balaban J connectivity index is 0.708. The highest BCUT2D eigenvalue weighted by atomic mass is 32.2. The number of hydrogen-bond acceptors (Lipinski definition) is 14. The van der Waals surface area contributed by atoms with E-state index in [1.807, 2.05) is 79.8 Å². The van der Waals surface area contributed by atoms with Crippen molar-refractivity contribution >= 4 is 156 Å². The number of fused-ring (bicyclic) bond motifs is 1. The van der Waals surface area contributed by atoms with Gasteiger partial charge in [-0.05, 0) is 197 Å². The molecule has 14 heterocycles. The molecule has 0 N–H and O–H groups in total. The number of thiophene rings is 6. The van der Waals surface area contributed by atoms with Crippen LogP contribution in [0.25, 0.3) is 54.5 Å². The first-order valence-electron chi connectivity index (χ1n) is 54.1. The van der Waals surface area contributed by atoms with Crippen LogP contribution in [0.2, 0.25) is 0 Å². The molecular formula is C120H156N2O2S12. The number of nitrogens with zero attached hydrogens (tertiary/aromatic N) is 2. The van der Waals surface area contributed by atoms with Crippen molar-refractivity contribution in [1.29, 1.82) is 0 Å². The molecule has 2 amide bonds. The van der Waals surface area contributed by atoms with Crippen molar-refractivity contribution < 1.29 is 9.59 Å². The van der Waals surface area contributed by atoms with E-state index in [1.165, 1.54) is 349 Å². The average Bonchev–Trinajstić information content (AvgIpc) is 1.54. The minimum absolute atomic E-state index is 0.0428. The van der Waals surface area contributed by atoms with Crippen molar-refractivity contribution in [3.8, 4) is 48.8 Å². The van der Waals surface area contributed by atoms with Crippen LogP contribution in [0.5, 0.6) is 0 Å². The number of aryl methyl sites for hydroxylation is 3. The zero-order valence-corrected chi connectivity index (χ0v) is 92.4.